The van der Waals surface area contributed by atoms with Crippen molar-refractivity contribution in [2.24, 2.45) is 0 Å². The average molecular weight is 459 g/mol. The van der Waals surface area contributed by atoms with E-state index < -0.39 is 41.0 Å². The first-order chi connectivity index (χ1) is 14.4. The van der Waals surface area contributed by atoms with Crippen LogP contribution in [0.2, 0.25) is 0 Å². The highest BCUT2D eigenvalue weighted by molar-refractivity contribution is 5.81. The van der Waals surface area contributed by atoms with Crippen molar-refractivity contribution in [3.8, 4) is 0 Å². The predicted octanol–water partition coefficient (Wildman–Crippen LogP) is 4.22. The molecule has 0 aromatic heterocycles. The van der Waals surface area contributed by atoms with Crippen LogP contribution in [-0.4, -0.2) is 65.3 Å². The van der Waals surface area contributed by atoms with Crippen LogP contribution >= 0.6 is 0 Å². The number of amides is 2. The summed E-state index contributed by atoms with van der Waals surface area (Å²) < 4.78 is 16.2. The van der Waals surface area contributed by atoms with E-state index >= 15 is 0 Å². The number of hydrogen-bond acceptors (Lipinski definition) is 7. The lowest BCUT2D eigenvalue weighted by Gasteiger charge is -2.30. The Kier molecular flexibility index (Phi) is 11.7. The van der Waals surface area contributed by atoms with Gasteiger partial charge in [0.2, 0.25) is 0 Å². The Morgan fingerprint density at radius 3 is 1.81 bits per heavy atom. The van der Waals surface area contributed by atoms with Crippen LogP contribution in [0.5, 0.6) is 0 Å². The standard InChI is InChI=1S/C23H42N2O7/c1-21(2,3)30-18(27)17(24-19(28)31-22(4,5)6)13-15-25(14-11-10-12-16-26)20(29)32-23(7,8)9/h16-17H,10-15H2,1-9H3,(H,24,28)/t17-/m0/s1. The fourth-order valence-corrected chi connectivity index (χ4v) is 2.51. The van der Waals surface area contributed by atoms with Gasteiger partial charge in [-0.3, -0.25) is 0 Å². The second kappa shape index (κ2) is 12.6. The van der Waals surface area contributed by atoms with Gasteiger partial charge < -0.3 is 29.2 Å². The molecule has 0 bridgehead atoms. The molecule has 0 radical (unpaired) electrons. The minimum absolute atomic E-state index is 0.112. The van der Waals surface area contributed by atoms with Gasteiger partial charge in [0.25, 0.3) is 0 Å². The van der Waals surface area contributed by atoms with Crippen molar-refractivity contribution in [3.05, 3.63) is 0 Å². The van der Waals surface area contributed by atoms with E-state index in [-0.39, 0.29) is 13.0 Å². The molecule has 0 aliphatic carbocycles. The van der Waals surface area contributed by atoms with Gasteiger partial charge in [-0.15, -0.1) is 0 Å². The summed E-state index contributed by atoms with van der Waals surface area (Å²) in [6.45, 7) is 16.2. The first-order valence-electron chi connectivity index (χ1n) is 11.1. The summed E-state index contributed by atoms with van der Waals surface area (Å²) in [6.07, 6.45) is 1.32. The normalized spacial score (nSPS) is 13.0. The molecule has 9 heteroatoms. The number of carbonyl (C=O) groups is 4. The molecule has 0 saturated carbocycles. The smallest absolute Gasteiger partial charge is 0.410 e. The molecule has 32 heavy (non-hydrogen) atoms. The lowest BCUT2D eigenvalue weighted by Crippen LogP contribution is -2.48. The summed E-state index contributed by atoms with van der Waals surface area (Å²) >= 11 is 0. The number of nitrogens with one attached hydrogen (secondary N) is 1. The van der Waals surface area contributed by atoms with Gasteiger partial charge in [-0.2, -0.15) is 0 Å². The number of ether oxygens (including phenoxy) is 3. The van der Waals surface area contributed by atoms with E-state index in [1.807, 2.05) is 0 Å². The number of carbonyl (C=O) groups excluding carboxylic acids is 4. The van der Waals surface area contributed by atoms with E-state index in [1.165, 1.54) is 4.90 Å². The zero-order valence-corrected chi connectivity index (χ0v) is 21.2. The van der Waals surface area contributed by atoms with E-state index in [4.69, 9.17) is 14.2 Å². The van der Waals surface area contributed by atoms with Crippen molar-refractivity contribution < 1.29 is 33.4 Å². The van der Waals surface area contributed by atoms with Crippen molar-refractivity contribution in [2.45, 2.75) is 111 Å². The molecule has 186 valence electrons. The minimum Gasteiger partial charge on any atom is -0.458 e. The Morgan fingerprint density at radius 2 is 1.34 bits per heavy atom. The molecule has 0 spiro atoms. The van der Waals surface area contributed by atoms with E-state index in [2.05, 4.69) is 5.32 Å². The van der Waals surface area contributed by atoms with Crippen LogP contribution in [0.3, 0.4) is 0 Å². The number of nitrogens with zero attached hydrogens (tertiary/aromatic N) is 1. The Balaban J connectivity index is 5.38. The maximum absolute atomic E-state index is 12.7. The molecule has 0 rings (SSSR count). The van der Waals surface area contributed by atoms with Crippen LogP contribution in [0.4, 0.5) is 9.59 Å². The van der Waals surface area contributed by atoms with Crippen LogP contribution in [-0.2, 0) is 23.8 Å². The molecule has 0 aromatic carbocycles. The van der Waals surface area contributed by atoms with Crippen LogP contribution < -0.4 is 5.32 Å². The molecule has 0 fully saturated rings. The Morgan fingerprint density at radius 1 is 0.812 bits per heavy atom. The zero-order valence-electron chi connectivity index (χ0n) is 21.2. The van der Waals surface area contributed by atoms with Crippen molar-refractivity contribution in [1.82, 2.24) is 10.2 Å². The molecule has 0 aliphatic heterocycles. The van der Waals surface area contributed by atoms with Crippen molar-refractivity contribution >= 4 is 24.4 Å². The molecular weight excluding hydrogens is 416 g/mol. The molecule has 1 N–H and O–H groups in total. The zero-order chi connectivity index (χ0) is 25.2. The van der Waals surface area contributed by atoms with Gasteiger partial charge in [-0.25, -0.2) is 14.4 Å². The fraction of sp³-hybridized carbons (Fsp3) is 0.826. The Labute approximate surface area is 192 Å². The summed E-state index contributed by atoms with van der Waals surface area (Å²) in [6, 6.07) is -1.01. The number of esters is 1. The first-order valence-corrected chi connectivity index (χ1v) is 11.1. The van der Waals surface area contributed by atoms with Gasteiger partial charge in [0, 0.05) is 19.5 Å². The highest BCUT2D eigenvalue weighted by Gasteiger charge is 2.30. The second-order valence-electron chi connectivity index (χ2n) is 10.7. The number of rotatable bonds is 10. The topological polar surface area (TPSA) is 111 Å². The van der Waals surface area contributed by atoms with Crippen molar-refractivity contribution in [1.29, 1.82) is 0 Å². The molecule has 0 heterocycles. The summed E-state index contributed by atoms with van der Waals surface area (Å²) in [5.41, 5.74) is -2.16. The van der Waals surface area contributed by atoms with Crippen LogP contribution in [0, 0.1) is 0 Å². The lowest BCUT2D eigenvalue weighted by atomic mass is 10.1. The maximum Gasteiger partial charge on any atom is 0.410 e. The summed E-state index contributed by atoms with van der Waals surface area (Å²) in [7, 11) is 0. The largest absolute Gasteiger partial charge is 0.458 e. The van der Waals surface area contributed by atoms with Gasteiger partial charge in [-0.1, -0.05) is 0 Å². The monoisotopic (exact) mass is 458 g/mol. The third kappa shape index (κ3) is 15.5. The van der Waals surface area contributed by atoms with Gasteiger partial charge >= 0.3 is 18.2 Å². The van der Waals surface area contributed by atoms with E-state index in [0.717, 1.165) is 6.29 Å². The van der Waals surface area contributed by atoms with Gasteiger partial charge in [0.15, 0.2) is 0 Å². The van der Waals surface area contributed by atoms with Crippen molar-refractivity contribution in [3.63, 3.8) is 0 Å². The molecule has 0 aliphatic rings. The van der Waals surface area contributed by atoms with E-state index in [1.54, 1.807) is 62.3 Å². The Bertz CT molecular complexity index is 628. The maximum atomic E-state index is 12.7. The minimum atomic E-state index is -1.01. The highest BCUT2D eigenvalue weighted by Crippen LogP contribution is 2.15. The fourth-order valence-electron chi connectivity index (χ4n) is 2.51. The lowest BCUT2D eigenvalue weighted by molar-refractivity contribution is -0.157. The Hall–Kier alpha value is -2.32. The van der Waals surface area contributed by atoms with Crippen molar-refractivity contribution in [2.75, 3.05) is 13.1 Å². The predicted molar refractivity (Wildman–Crippen MR) is 121 cm³/mol. The molecule has 0 saturated heterocycles. The van der Waals surface area contributed by atoms with E-state index in [9.17, 15) is 19.2 Å². The summed E-state index contributed by atoms with van der Waals surface area (Å²) in [4.78, 5) is 49.7. The first kappa shape index (κ1) is 29.7. The number of unbranched alkanes of at least 4 members (excludes halogenated alkanes) is 2. The van der Waals surface area contributed by atoms with Gasteiger partial charge in [-0.05, 0) is 81.6 Å². The molecule has 2 amide bonds. The third-order valence-electron chi connectivity index (χ3n) is 3.72. The SMILES string of the molecule is CC(C)(C)OC(=O)N[C@@H](CCN(CCCCC=O)C(=O)OC(C)(C)C)C(=O)OC(C)(C)C. The van der Waals surface area contributed by atoms with Gasteiger partial charge in [0.05, 0.1) is 0 Å². The van der Waals surface area contributed by atoms with Crippen LogP contribution in [0.25, 0.3) is 0 Å². The summed E-state index contributed by atoms with van der Waals surface area (Å²) in [5.74, 6) is -0.617. The number of alkyl carbamates (subject to hydrolysis) is 1. The highest BCUT2D eigenvalue weighted by atomic mass is 16.6. The third-order valence-corrected chi connectivity index (χ3v) is 3.72. The summed E-state index contributed by atoms with van der Waals surface area (Å²) in [5, 5.41) is 2.55. The molecule has 9 nitrogen and oxygen atoms in total. The molecular formula is C23H42N2O7. The number of aldehydes is 1. The second-order valence-corrected chi connectivity index (χ2v) is 10.7. The number of hydrogen-bond donors (Lipinski definition) is 1. The average Bonchev–Trinajstić information content (AvgIpc) is 2.55. The molecule has 0 unspecified atom stereocenters. The quantitative estimate of drug-likeness (QED) is 0.226. The van der Waals surface area contributed by atoms with Gasteiger partial charge in [0.1, 0.15) is 29.1 Å². The molecule has 1 atom stereocenters. The van der Waals surface area contributed by atoms with Crippen LogP contribution in [0.15, 0.2) is 0 Å². The van der Waals surface area contributed by atoms with E-state index in [0.29, 0.717) is 25.8 Å². The van der Waals surface area contributed by atoms with Crippen LogP contribution in [0.1, 0.15) is 88.0 Å². The molecule has 0 aromatic rings.